The first-order valence-electron chi connectivity index (χ1n) is 7.94. The van der Waals surface area contributed by atoms with Gasteiger partial charge in [0.1, 0.15) is 11.4 Å². The summed E-state index contributed by atoms with van der Waals surface area (Å²) in [6.07, 6.45) is 4.66. The molecule has 0 heterocycles. The Kier molecular flexibility index (Phi) is 5.28. The molecule has 0 aromatic heterocycles. The molecule has 1 aromatic rings. The average Bonchev–Trinajstić information content (AvgIpc) is 2.35. The molecule has 1 aliphatic rings. The Hall–Kier alpha value is -1.06. The molecule has 0 atom stereocenters. The molecule has 0 amide bonds. The molecule has 1 fully saturated rings. The van der Waals surface area contributed by atoms with Crippen molar-refractivity contribution in [2.24, 2.45) is 0 Å². The van der Waals surface area contributed by atoms with Crippen LogP contribution in [-0.4, -0.2) is 24.8 Å². The molecular weight excluding hydrogens is 262 g/mol. The van der Waals surface area contributed by atoms with Gasteiger partial charge in [-0.1, -0.05) is 12.1 Å². The Bertz CT molecular complexity index is 447. The van der Waals surface area contributed by atoms with Crippen LogP contribution < -0.4 is 10.1 Å². The van der Waals surface area contributed by atoms with E-state index in [1.807, 2.05) is 6.07 Å². The van der Waals surface area contributed by atoms with Crippen LogP contribution in [0.2, 0.25) is 0 Å². The zero-order valence-electron chi connectivity index (χ0n) is 13.9. The van der Waals surface area contributed by atoms with Gasteiger partial charge in [-0.15, -0.1) is 0 Å². The van der Waals surface area contributed by atoms with Crippen LogP contribution in [0.15, 0.2) is 24.3 Å². The normalized spacial score (nSPS) is 17.3. The van der Waals surface area contributed by atoms with Crippen molar-refractivity contribution in [3.05, 3.63) is 29.8 Å². The predicted octanol–water partition coefficient (Wildman–Crippen LogP) is 3.91. The van der Waals surface area contributed by atoms with Crippen LogP contribution >= 0.6 is 0 Å². The molecule has 3 heteroatoms. The molecule has 0 saturated heterocycles. The summed E-state index contributed by atoms with van der Waals surface area (Å²) in [5.41, 5.74) is 1.37. The first-order chi connectivity index (χ1) is 9.92. The van der Waals surface area contributed by atoms with Crippen molar-refractivity contribution < 1.29 is 9.47 Å². The number of nitrogens with one attached hydrogen (secondary N) is 1. The Morgan fingerprint density at radius 1 is 1.24 bits per heavy atom. The lowest BCUT2D eigenvalue weighted by atomic mass is 9.77. The molecule has 0 radical (unpaired) electrons. The number of benzene rings is 1. The van der Waals surface area contributed by atoms with Crippen molar-refractivity contribution in [1.29, 1.82) is 0 Å². The maximum Gasteiger partial charge on any atom is 0.120 e. The van der Waals surface area contributed by atoms with Crippen LogP contribution in [0.5, 0.6) is 5.75 Å². The summed E-state index contributed by atoms with van der Waals surface area (Å²) in [4.78, 5) is 0. The summed E-state index contributed by atoms with van der Waals surface area (Å²) in [6.45, 7) is 8.25. The summed E-state index contributed by atoms with van der Waals surface area (Å²) in [5.74, 6) is 0.972. The highest BCUT2D eigenvalue weighted by Crippen LogP contribution is 2.39. The first kappa shape index (κ1) is 16.3. The lowest BCUT2D eigenvalue weighted by Gasteiger charge is -2.42. The van der Waals surface area contributed by atoms with Gasteiger partial charge in [-0.25, -0.2) is 0 Å². The molecule has 2 rings (SSSR count). The van der Waals surface area contributed by atoms with E-state index in [2.05, 4.69) is 44.3 Å². The fourth-order valence-electron chi connectivity index (χ4n) is 2.75. The number of ether oxygens (including phenoxy) is 2. The summed E-state index contributed by atoms with van der Waals surface area (Å²) in [5, 5.41) is 3.56. The van der Waals surface area contributed by atoms with Gasteiger partial charge in [0, 0.05) is 12.6 Å². The average molecular weight is 291 g/mol. The third kappa shape index (κ3) is 5.01. The third-order valence-electron chi connectivity index (χ3n) is 4.04. The van der Waals surface area contributed by atoms with Crippen LogP contribution in [0.4, 0.5) is 0 Å². The standard InChI is InChI=1S/C18H29NO2/c1-17(2,3)19-12-11-18(9-6-10-18)21-16-8-5-7-15(13-16)14-20-4/h5,7-8,13,19H,6,9-12,14H2,1-4H3. The second-order valence-electron chi connectivity index (χ2n) is 7.15. The summed E-state index contributed by atoms with van der Waals surface area (Å²) in [7, 11) is 1.72. The largest absolute Gasteiger partial charge is 0.487 e. The quantitative estimate of drug-likeness (QED) is 0.826. The lowest BCUT2D eigenvalue weighted by molar-refractivity contribution is -0.0153. The van der Waals surface area contributed by atoms with Gasteiger partial charge in [-0.2, -0.15) is 0 Å². The highest BCUT2D eigenvalue weighted by molar-refractivity contribution is 5.29. The molecule has 1 aliphatic carbocycles. The molecule has 0 spiro atoms. The minimum Gasteiger partial charge on any atom is -0.487 e. The number of hydrogen-bond donors (Lipinski definition) is 1. The Balaban J connectivity index is 1.93. The van der Waals surface area contributed by atoms with Crippen LogP contribution in [0.3, 0.4) is 0 Å². The first-order valence-corrected chi connectivity index (χ1v) is 7.94. The molecule has 1 aromatic carbocycles. The van der Waals surface area contributed by atoms with Crippen molar-refractivity contribution in [3.63, 3.8) is 0 Å². The van der Waals surface area contributed by atoms with Crippen molar-refractivity contribution in [2.75, 3.05) is 13.7 Å². The van der Waals surface area contributed by atoms with Crippen molar-refractivity contribution >= 4 is 0 Å². The van der Waals surface area contributed by atoms with Gasteiger partial charge in [0.15, 0.2) is 0 Å². The van der Waals surface area contributed by atoms with Crippen molar-refractivity contribution in [3.8, 4) is 5.75 Å². The van der Waals surface area contributed by atoms with E-state index in [9.17, 15) is 0 Å². The monoisotopic (exact) mass is 291 g/mol. The molecule has 1 N–H and O–H groups in total. The predicted molar refractivity (Wildman–Crippen MR) is 86.7 cm³/mol. The highest BCUT2D eigenvalue weighted by Gasteiger charge is 2.39. The van der Waals surface area contributed by atoms with Crippen LogP contribution in [0, 0.1) is 0 Å². The molecular formula is C18H29NO2. The van der Waals surface area contributed by atoms with Gasteiger partial charge >= 0.3 is 0 Å². The molecule has 3 nitrogen and oxygen atoms in total. The lowest BCUT2D eigenvalue weighted by Crippen LogP contribution is -2.47. The maximum atomic E-state index is 6.34. The third-order valence-corrected chi connectivity index (χ3v) is 4.04. The number of hydrogen-bond acceptors (Lipinski definition) is 3. The Labute approximate surface area is 129 Å². The molecule has 21 heavy (non-hydrogen) atoms. The summed E-state index contributed by atoms with van der Waals surface area (Å²) >= 11 is 0. The topological polar surface area (TPSA) is 30.5 Å². The summed E-state index contributed by atoms with van der Waals surface area (Å²) in [6, 6.07) is 8.27. The van der Waals surface area contributed by atoms with Gasteiger partial charge < -0.3 is 14.8 Å². The molecule has 0 bridgehead atoms. The van der Waals surface area contributed by atoms with Crippen LogP contribution in [-0.2, 0) is 11.3 Å². The Morgan fingerprint density at radius 3 is 2.57 bits per heavy atom. The van der Waals surface area contributed by atoms with E-state index in [1.165, 1.54) is 6.42 Å². The molecule has 0 unspecified atom stereocenters. The number of rotatable bonds is 7. The van der Waals surface area contributed by atoms with Gasteiger partial charge in [0.2, 0.25) is 0 Å². The van der Waals surface area contributed by atoms with Crippen molar-refractivity contribution in [1.82, 2.24) is 5.32 Å². The fourth-order valence-corrected chi connectivity index (χ4v) is 2.75. The highest BCUT2D eigenvalue weighted by atomic mass is 16.5. The number of methoxy groups -OCH3 is 1. The van der Waals surface area contributed by atoms with Gasteiger partial charge in [0.25, 0.3) is 0 Å². The van der Waals surface area contributed by atoms with E-state index in [-0.39, 0.29) is 11.1 Å². The molecule has 118 valence electrons. The second-order valence-corrected chi connectivity index (χ2v) is 7.15. The maximum absolute atomic E-state index is 6.34. The van der Waals surface area contributed by atoms with E-state index in [0.29, 0.717) is 6.61 Å². The van der Waals surface area contributed by atoms with Crippen LogP contribution in [0.1, 0.15) is 52.0 Å². The smallest absolute Gasteiger partial charge is 0.120 e. The van der Waals surface area contributed by atoms with Gasteiger partial charge in [-0.3, -0.25) is 0 Å². The van der Waals surface area contributed by atoms with E-state index < -0.39 is 0 Å². The minimum absolute atomic E-state index is 0.0317. The zero-order valence-corrected chi connectivity index (χ0v) is 13.9. The minimum atomic E-state index is 0.0317. The Morgan fingerprint density at radius 2 is 2.00 bits per heavy atom. The fraction of sp³-hybridized carbons (Fsp3) is 0.667. The SMILES string of the molecule is COCc1cccc(OC2(CCNC(C)(C)C)CCC2)c1. The molecule has 0 aliphatic heterocycles. The zero-order chi connectivity index (χ0) is 15.3. The van der Waals surface area contributed by atoms with E-state index in [0.717, 1.165) is 37.1 Å². The van der Waals surface area contributed by atoms with Crippen molar-refractivity contribution in [2.45, 2.75) is 64.2 Å². The van der Waals surface area contributed by atoms with E-state index >= 15 is 0 Å². The summed E-state index contributed by atoms with van der Waals surface area (Å²) < 4.78 is 11.5. The van der Waals surface area contributed by atoms with Gasteiger partial charge in [-0.05, 0) is 70.7 Å². The van der Waals surface area contributed by atoms with Gasteiger partial charge in [0.05, 0.1) is 6.61 Å². The molecule has 1 saturated carbocycles. The van der Waals surface area contributed by atoms with Crippen LogP contribution in [0.25, 0.3) is 0 Å². The van der Waals surface area contributed by atoms with E-state index in [4.69, 9.17) is 9.47 Å². The van der Waals surface area contributed by atoms with E-state index in [1.54, 1.807) is 7.11 Å². The second kappa shape index (κ2) is 6.80.